The summed E-state index contributed by atoms with van der Waals surface area (Å²) >= 11 is 0. The van der Waals surface area contributed by atoms with Gasteiger partial charge >= 0.3 is 5.97 Å². The van der Waals surface area contributed by atoms with Crippen molar-refractivity contribution < 1.29 is 14.6 Å². The lowest BCUT2D eigenvalue weighted by Crippen LogP contribution is -2.50. The maximum Gasteiger partial charge on any atom is 0.323 e. The number of hydrogen-bond donors (Lipinski definition) is 2. The van der Waals surface area contributed by atoms with Crippen LogP contribution in [0, 0.1) is 5.92 Å². The van der Waals surface area contributed by atoms with Crippen molar-refractivity contribution in [1.29, 1.82) is 0 Å². The zero-order valence-electron chi connectivity index (χ0n) is 10.6. The van der Waals surface area contributed by atoms with Gasteiger partial charge in [-0.2, -0.15) is 0 Å². The number of aliphatic carboxylic acids is 1. The number of rotatable bonds is 7. The first-order valence-electron chi connectivity index (χ1n) is 6.76. The predicted molar refractivity (Wildman–Crippen MR) is 65.0 cm³/mol. The summed E-state index contributed by atoms with van der Waals surface area (Å²) in [5.41, 5.74) is -0.732. The molecule has 2 rings (SSSR count). The van der Waals surface area contributed by atoms with Gasteiger partial charge < -0.3 is 15.2 Å². The highest BCUT2D eigenvalue weighted by molar-refractivity contribution is 5.79. The van der Waals surface area contributed by atoms with Crippen molar-refractivity contribution in [3.63, 3.8) is 0 Å². The SMILES string of the molecule is CCCNC1(C(=O)O)CCC(OCC2CC2)C1. The van der Waals surface area contributed by atoms with Crippen LogP contribution in [0.5, 0.6) is 0 Å². The third kappa shape index (κ3) is 3.19. The van der Waals surface area contributed by atoms with Crippen LogP contribution in [0.15, 0.2) is 0 Å². The molecular weight excluding hydrogens is 218 g/mol. The average Bonchev–Trinajstić information content (AvgIpc) is 3.04. The highest BCUT2D eigenvalue weighted by Gasteiger charge is 2.45. The van der Waals surface area contributed by atoms with Crippen LogP contribution in [0.2, 0.25) is 0 Å². The second-order valence-electron chi connectivity index (χ2n) is 5.46. The fourth-order valence-electron chi connectivity index (χ4n) is 2.49. The number of ether oxygens (including phenoxy) is 1. The van der Waals surface area contributed by atoms with Gasteiger partial charge in [0, 0.05) is 13.0 Å². The topological polar surface area (TPSA) is 58.6 Å². The van der Waals surface area contributed by atoms with Crippen molar-refractivity contribution in [2.45, 2.75) is 57.1 Å². The fourth-order valence-corrected chi connectivity index (χ4v) is 2.49. The first-order chi connectivity index (χ1) is 8.16. The molecule has 2 N–H and O–H groups in total. The van der Waals surface area contributed by atoms with E-state index in [0.717, 1.165) is 31.9 Å². The molecule has 0 aliphatic heterocycles. The summed E-state index contributed by atoms with van der Waals surface area (Å²) in [5.74, 6) is 0.0295. The van der Waals surface area contributed by atoms with Gasteiger partial charge in [-0.05, 0) is 44.6 Å². The van der Waals surface area contributed by atoms with Crippen LogP contribution in [-0.4, -0.2) is 35.9 Å². The van der Waals surface area contributed by atoms with E-state index < -0.39 is 11.5 Å². The number of carboxylic acid groups (broad SMARTS) is 1. The van der Waals surface area contributed by atoms with Gasteiger partial charge in [0.25, 0.3) is 0 Å². The van der Waals surface area contributed by atoms with Gasteiger partial charge in [-0.15, -0.1) is 0 Å². The molecular formula is C13H23NO3. The molecule has 0 aromatic rings. The number of hydrogen-bond acceptors (Lipinski definition) is 3. The monoisotopic (exact) mass is 241 g/mol. The largest absolute Gasteiger partial charge is 0.480 e. The van der Waals surface area contributed by atoms with E-state index in [2.05, 4.69) is 12.2 Å². The number of carbonyl (C=O) groups is 1. The molecule has 0 bridgehead atoms. The molecule has 2 aliphatic rings. The molecule has 2 unspecified atom stereocenters. The molecule has 0 heterocycles. The number of nitrogens with one attached hydrogen (secondary N) is 1. The molecule has 0 saturated heterocycles. The van der Waals surface area contributed by atoms with Crippen LogP contribution in [0.1, 0.15) is 45.4 Å². The van der Waals surface area contributed by atoms with Crippen LogP contribution in [-0.2, 0) is 9.53 Å². The summed E-state index contributed by atoms with van der Waals surface area (Å²) in [5, 5.41) is 12.6. The summed E-state index contributed by atoms with van der Waals surface area (Å²) in [7, 11) is 0. The Labute approximate surface area is 103 Å². The van der Waals surface area contributed by atoms with Crippen molar-refractivity contribution in [3.8, 4) is 0 Å². The molecule has 98 valence electrons. The lowest BCUT2D eigenvalue weighted by atomic mass is 9.97. The third-order valence-electron chi connectivity index (χ3n) is 3.86. The second kappa shape index (κ2) is 5.36. The number of carboxylic acids is 1. The summed E-state index contributed by atoms with van der Waals surface area (Å²) < 4.78 is 5.81. The molecule has 4 nitrogen and oxygen atoms in total. The molecule has 2 saturated carbocycles. The highest BCUT2D eigenvalue weighted by atomic mass is 16.5. The second-order valence-corrected chi connectivity index (χ2v) is 5.46. The van der Waals surface area contributed by atoms with Crippen molar-refractivity contribution in [3.05, 3.63) is 0 Å². The molecule has 4 heteroatoms. The zero-order valence-corrected chi connectivity index (χ0v) is 10.6. The van der Waals surface area contributed by atoms with Crippen LogP contribution in [0.4, 0.5) is 0 Å². The molecule has 0 aromatic heterocycles. The average molecular weight is 241 g/mol. The Balaban J connectivity index is 1.83. The lowest BCUT2D eigenvalue weighted by Gasteiger charge is -2.25. The minimum absolute atomic E-state index is 0.135. The summed E-state index contributed by atoms with van der Waals surface area (Å²) in [6, 6.07) is 0. The van der Waals surface area contributed by atoms with Crippen LogP contribution in [0.3, 0.4) is 0 Å². The minimum atomic E-state index is -0.732. The van der Waals surface area contributed by atoms with Crippen LogP contribution >= 0.6 is 0 Å². The Kier molecular flexibility index (Phi) is 4.05. The molecule has 17 heavy (non-hydrogen) atoms. The smallest absolute Gasteiger partial charge is 0.323 e. The molecule has 0 amide bonds. The maximum absolute atomic E-state index is 11.4. The minimum Gasteiger partial charge on any atom is -0.480 e. The van der Waals surface area contributed by atoms with E-state index in [-0.39, 0.29) is 6.10 Å². The quantitative estimate of drug-likeness (QED) is 0.713. The van der Waals surface area contributed by atoms with Crippen LogP contribution in [0.25, 0.3) is 0 Å². The van der Waals surface area contributed by atoms with Crippen molar-refractivity contribution in [1.82, 2.24) is 5.32 Å². The van der Waals surface area contributed by atoms with E-state index in [1.54, 1.807) is 0 Å². The Bertz CT molecular complexity index is 278. The Morgan fingerprint density at radius 1 is 1.47 bits per heavy atom. The molecule has 0 spiro atoms. The normalized spacial score (nSPS) is 32.9. The molecule has 2 fully saturated rings. The van der Waals surface area contributed by atoms with Gasteiger partial charge in [-0.3, -0.25) is 4.79 Å². The Morgan fingerprint density at radius 3 is 2.82 bits per heavy atom. The van der Waals surface area contributed by atoms with Crippen molar-refractivity contribution >= 4 is 5.97 Å². The lowest BCUT2D eigenvalue weighted by molar-refractivity contribution is -0.145. The van der Waals surface area contributed by atoms with E-state index in [9.17, 15) is 9.90 Å². The predicted octanol–water partition coefficient (Wildman–Crippen LogP) is 1.79. The zero-order chi connectivity index (χ0) is 12.3. The van der Waals surface area contributed by atoms with Crippen molar-refractivity contribution in [2.75, 3.05) is 13.2 Å². The van der Waals surface area contributed by atoms with E-state index in [4.69, 9.17) is 4.74 Å². The van der Waals surface area contributed by atoms with Crippen LogP contribution < -0.4 is 5.32 Å². The van der Waals surface area contributed by atoms with Gasteiger partial charge in [0.05, 0.1) is 6.10 Å². The van der Waals surface area contributed by atoms with Gasteiger partial charge in [0.2, 0.25) is 0 Å². The van der Waals surface area contributed by atoms with Crippen molar-refractivity contribution in [2.24, 2.45) is 5.92 Å². The first kappa shape index (κ1) is 12.8. The molecule has 2 atom stereocenters. The van der Waals surface area contributed by atoms with Gasteiger partial charge in [0.1, 0.15) is 5.54 Å². The maximum atomic E-state index is 11.4. The first-order valence-corrected chi connectivity index (χ1v) is 6.76. The third-order valence-corrected chi connectivity index (χ3v) is 3.86. The van der Waals surface area contributed by atoms with E-state index >= 15 is 0 Å². The molecule has 2 aliphatic carbocycles. The Morgan fingerprint density at radius 2 is 2.24 bits per heavy atom. The van der Waals surface area contributed by atoms with E-state index in [1.807, 2.05) is 0 Å². The molecule has 0 radical (unpaired) electrons. The summed E-state index contributed by atoms with van der Waals surface area (Å²) in [6.45, 7) is 3.65. The fraction of sp³-hybridized carbons (Fsp3) is 0.923. The van der Waals surface area contributed by atoms with Gasteiger partial charge in [0.15, 0.2) is 0 Å². The highest BCUT2D eigenvalue weighted by Crippen LogP contribution is 2.35. The van der Waals surface area contributed by atoms with Gasteiger partial charge in [-0.1, -0.05) is 6.92 Å². The van der Waals surface area contributed by atoms with E-state index in [0.29, 0.717) is 12.8 Å². The van der Waals surface area contributed by atoms with E-state index in [1.165, 1.54) is 12.8 Å². The molecule has 0 aromatic carbocycles. The summed E-state index contributed by atoms with van der Waals surface area (Å²) in [4.78, 5) is 11.4. The summed E-state index contributed by atoms with van der Waals surface area (Å²) in [6.07, 6.45) is 5.84. The van der Waals surface area contributed by atoms with Gasteiger partial charge in [-0.25, -0.2) is 0 Å². The Hall–Kier alpha value is -0.610. The standard InChI is InChI=1S/C13H23NO3/c1-2-7-14-13(12(15)16)6-5-11(8-13)17-9-10-3-4-10/h10-11,14H,2-9H2,1H3,(H,15,16).